The van der Waals surface area contributed by atoms with Crippen molar-refractivity contribution >= 4 is 40.4 Å². The summed E-state index contributed by atoms with van der Waals surface area (Å²) in [7, 11) is 0. The molecule has 23 heavy (non-hydrogen) atoms. The number of amides is 1. The molecule has 4 nitrogen and oxygen atoms in total. The number of thiazole rings is 1. The van der Waals surface area contributed by atoms with Crippen molar-refractivity contribution in [2.24, 2.45) is 0 Å². The summed E-state index contributed by atoms with van der Waals surface area (Å²) < 4.78 is 0. The van der Waals surface area contributed by atoms with E-state index in [1.807, 2.05) is 17.5 Å². The summed E-state index contributed by atoms with van der Waals surface area (Å²) in [4.78, 5) is 20.7. The Labute approximate surface area is 147 Å². The first kappa shape index (κ1) is 15.9. The largest absolute Gasteiger partial charge is 0.346 e. The highest BCUT2D eigenvalue weighted by Gasteiger charge is 2.12. The van der Waals surface area contributed by atoms with Gasteiger partial charge in [-0.2, -0.15) is 0 Å². The van der Waals surface area contributed by atoms with Gasteiger partial charge in [-0.15, -0.1) is 11.3 Å². The van der Waals surface area contributed by atoms with E-state index in [0.29, 0.717) is 22.2 Å². The van der Waals surface area contributed by atoms with Gasteiger partial charge in [-0.1, -0.05) is 23.2 Å². The van der Waals surface area contributed by atoms with E-state index in [0.717, 1.165) is 16.3 Å². The molecule has 1 amide bonds. The number of carbonyl (C=O) groups is 1. The van der Waals surface area contributed by atoms with E-state index in [1.165, 1.54) is 11.3 Å². The molecule has 0 aliphatic carbocycles. The predicted octanol–water partition coefficient (Wildman–Crippen LogP) is 4.44. The lowest BCUT2D eigenvalue weighted by Crippen LogP contribution is -2.23. The maximum atomic E-state index is 12.2. The highest BCUT2D eigenvalue weighted by atomic mass is 35.5. The van der Waals surface area contributed by atoms with Gasteiger partial charge in [0, 0.05) is 28.4 Å². The smallest absolute Gasteiger partial charge is 0.253 e. The number of rotatable bonds is 4. The molecule has 3 aromatic rings. The fraction of sp³-hybridized carbons (Fsp3) is 0.0625. The van der Waals surface area contributed by atoms with Crippen LogP contribution in [0.25, 0.3) is 10.6 Å². The molecule has 0 radical (unpaired) electrons. The van der Waals surface area contributed by atoms with E-state index in [-0.39, 0.29) is 5.91 Å². The normalized spacial score (nSPS) is 10.5. The standard InChI is InChI=1S/C16H11Cl2N3OS/c17-11-3-4-14(18)13(6-11)15(22)20-8-12-9-23-16(21-12)10-2-1-5-19-7-10/h1-7,9H,8H2,(H,20,22). The second-order valence-electron chi connectivity index (χ2n) is 4.69. The molecule has 0 unspecified atom stereocenters. The summed E-state index contributed by atoms with van der Waals surface area (Å²) in [5.74, 6) is -0.284. The molecular weight excluding hydrogens is 353 g/mol. The lowest BCUT2D eigenvalue weighted by atomic mass is 10.2. The van der Waals surface area contributed by atoms with Crippen LogP contribution in [-0.2, 0) is 6.54 Å². The van der Waals surface area contributed by atoms with Crippen molar-refractivity contribution in [1.82, 2.24) is 15.3 Å². The molecule has 2 aromatic heterocycles. The van der Waals surface area contributed by atoms with Gasteiger partial charge in [-0.25, -0.2) is 4.98 Å². The highest BCUT2D eigenvalue weighted by molar-refractivity contribution is 7.13. The number of nitrogens with one attached hydrogen (secondary N) is 1. The van der Waals surface area contributed by atoms with Crippen LogP contribution in [0.1, 0.15) is 16.1 Å². The van der Waals surface area contributed by atoms with Crippen molar-refractivity contribution < 1.29 is 4.79 Å². The number of aromatic nitrogens is 2. The first-order chi connectivity index (χ1) is 11.1. The van der Waals surface area contributed by atoms with E-state index >= 15 is 0 Å². The Morgan fingerprint density at radius 1 is 1.26 bits per heavy atom. The van der Waals surface area contributed by atoms with Crippen LogP contribution < -0.4 is 5.32 Å². The number of hydrogen-bond acceptors (Lipinski definition) is 4. The molecule has 3 rings (SSSR count). The van der Waals surface area contributed by atoms with Gasteiger partial charge >= 0.3 is 0 Å². The van der Waals surface area contributed by atoms with Crippen LogP contribution in [-0.4, -0.2) is 15.9 Å². The summed E-state index contributed by atoms with van der Waals surface area (Å²) in [6.45, 7) is 0.318. The fourth-order valence-electron chi connectivity index (χ4n) is 1.95. The Hall–Kier alpha value is -1.95. The summed E-state index contributed by atoms with van der Waals surface area (Å²) in [6, 6.07) is 8.59. The van der Waals surface area contributed by atoms with Crippen molar-refractivity contribution in [1.29, 1.82) is 0 Å². The second-order valence-corrected chi connectivity index (χ2v) is 6.39. The van der Waals surface area contributed by atoms with Crippen LogP contribution in [0.3, 0.4) is 0 Å². The summed E-state index contributed by atoms with van der Waals surface area (Å²) in [6.07, 6.45) is 3.47. The van der Waals surface area contributed by atoms with Crippen molar-refractivity contribution in [2.75, 3.05) is 0 Å². The van der Waals surface area contributed by atoms with E-state index < -0.39 is 0 Å². The Morgan fingerprint density at radius 3 is 2.91 bits per heavy atom. The minimum absolute atomic E-state index is 0.284. The summed E-state index contributed by atoms with van der Waals surface area (Å²) in [5, 5.41) is 6.39. The van der Waals surface area contributed by atoms with Gasteiger partial charge in [0.25, 0.3) is 5.91 Å². The van der Waals surface area contributed by atoms with Crippen LogP contribution in [0.15, 0.2) is 48.1 Å². The lowest BCUT2D eigenvalue weighted by Gasteiger charge is -2.05. The van der Waals surface area contributed by atoms with Gasteiger partial charge in [0.05, 0.1) is 22.8 Å². The van der Waals surface area contributed by atoms with E-state index in [4.69, 9.17) is 23.2 Å². The Bertz CT molecular complexity index is 836. The number of nitrogens with zero attached hydrogens (tertiary/aromatic N) is 2. The van der Waals surface area contributed by atoms with Crippen molar-refractivity contribution in [3.8, 4) is 10.6 Å². The summed E-state index contributed by atoms with van der Waals surface area (Å²) >= 11 is 13.4. The van der Waals surface area contributed by atoms with Crippen LogP contribution in [0.2, 0.25) is 10.0 Å². The number of benzene rings is 1. The van der Waals surface area contributed by atoms with Gasteiger partial charge in [-0.3, -0.25) is 9.78 Å². The first-order valence-electron chi connectivity index (χ1n) is 6.71. The van der Waals surface area contributed by atoms with E-state index in [1.54, 1.807) is 30.6 Å². The maximum Gasteiger partial charge on any atom is 0.253 e. The SMILES string of the molecule is O=C(NCc1csc(-c2cccnc2)n1)c1cc(Cl)ccc1Cl. The molecular formula is C16H11Cl2N3OS. The monoisotopic (exact) mass is 363 g/mol. The molecule has 0 aliphatic heterocycles. The van der Waals surface area contributed by atoms with Crippen LogP contribution in [0, 0.1) is 0 Å². The molecule has 0 saturated heterocycles. The van der Waals surface area contributed by atoms with Crippen LogP contribution in [0.5, 0.6) is 0 Å². The zero-order valence-electron chi connectivity index (χ0n) is 11.8. The number of pyridine rings is 1. The molecule has 0 bridgehead atoms. The number of halogens is 2. The average molecular weight is 364 g/mol. The zero-order valence-corrected chi connectivity index (χ0v) is 14.1. The van der Waals surface area contributed by atoms with Gasteiger partial charge < -0.3 is 5.32 Å². The van der Waals surface area contributed by atoms with E-state index in [2.05, 4.69) is 15.3 Å². The first-order valence-corrected chi connectivity index (χ1v) is 8.35. The Morgan fingerprint density at radius 2 is 2.13 bits per heavy atom. The molecule has 0 saturated carbocycles. The van der Waals surface area contributed by atoms with Gasteiger partial charge in [-0.05, 0) is 30.3 Å². The quantitative estimate of drug-likeness (QED) is 0.745. The zero-order chi connectivity index (χ0) is 16.2. The van der Waals surface area contributed by atoms with Crippen LogP contribution >= 0.6 is 34.5 Å². The third kappa shape index (κ3) is 3.88. The van der Waals surface area contributed by atoms with Gasteiger partial charge in [0.1, 0.15) is 5.01 Å². The number of carbonyl (C=O) groups excluding carboxylic acids is 1. The predicted molar refractivity (Wildman–Crippen MR) is 93.0 cm³/mol. The van der Waals surface area contributed by atoms with E-state index in [9.17, 15) is 4.79 Å². The maximum absolute atomic E-state index is 12.2. The molecule has 2 heterocycles. The van der Waals surface area contributed by atoms with Gasteiger partial charge in [0.2, 0.25) is 0 Å². The van der Waals surface area contributed by atoms with Gasteiger partial charge in [0.15, 0.2) is 0 Å². The topological polar surface area (TPSA) is 54.9 Å². The molecule has 0 aliphatic rings. The number of hydrogen-bond donors (Lipinski definition) is 1. The van der Waals surface area contributed by atoms with Crippen molar-refractivity contribution in [3.05, 3.63) is 69.4 Å². The van der Waals surface area contributed by atoms with Crippen molar-refractivity contribution in [2.45, 2.75) is 6.54 Å². The summed E-state index contributed by atoms with van der Waals surface area (Å²) in [5.41, 5.74) is 2.08. The fourth-order valence-corrected chi connectivity index (χ4v) is 3.13. The lowest BCUT2D eigenvalue weighted by molar-refractivity contribution is 0.0950. The Kier molecular flexibility index (Phi) is 4.91. The third-order valence-electron chi connectivity index (χ3n) is 3.06. The molecule has 1 aromatic carbocycles. The Balaban J connectivity index is 1.68. The second kappa shape index (κ2) is 7.08. The van der Waals surface area contributed by atoms with Crippen molar-refractivity contribution in [3.63, 3.8) is 0 Å². The molecule has 116 valence electrons. The average Bonchev–Trinajstić information content (AvgIpc) is 3.05. The highest BCUT2D eigenvalue weighted by Crippen LogP contribution is 2.23. The minimum atomic E-state index is -0.284. The molecule has 7 heteroatoms. The minimum Gasteiger partial charge on any atom is -0.346 e. The molecule has 1 N–H and O–H groups in total. The van der Waals surface area contributed by atoms with Crippen LogP contribution in [0.4, 0.5) is 0 Å². The third-order valence-corrected chi connectivity index (χ3v) is 4.57. The molecule has 0 atom stereocenters. The molecule has 0 spiro atoms. The molecule has 0 fully saturated rings.